The second-order valence-electron chi connectivity index (χ2n) is 6.33. The molecule has 21 heavy (non-hydrogen) atoms. The summed E-state index contributed by atoms with van der Waals surface area (Å²) >= 11 is 0. The molecular formula is C16H27N3O2. The quantitative estimate of drug-likeness (QED) is 0.673. The minimum atomic E-state index is -0.0227. The fourth-order valence-corrected chi connectivity index (χ4v) is 3.70. The molecule has 3 rings (SSSR count). The van der Waals surface area contributed by atoms with Crippen molar-refractivity contribution in [1.29, 1.82) is 0 Å². The van der Waals surface area contributed by atoms with Gasteiger partial charge in [0.25, 0.3) is 0 Å². The van der Waals surface area contributed by atoms with Crippen molar-refractivity contribution in [3.05, 3.63) is 0 Å². The summed E-state index contributed by atoms with van der Waals surface area (Å²) in [5.74, 6) is 4.16. The van der Waals surface area contributed by atoms with Crippen LogP contribution in [0.15, 0.2) is 0 Å². The molecule has 2 bridgehead atoms. The lowest BCUT2D eigenvalue weighted by molar-refractivity contribution is -0.125. The summed E-state index contributed by atoms with van der Waals surface area (Å²) in [6, 6.07) is 0.485. The Morgan fingerprint density at radius 1 is 1.57 bits per heavy atom. The topological polar surface area (TPSA) is 44.8 Å². The minimum Gasteiger partial charge on any atom is -0.375 e. The zero-order chi connectivity index (χ0) is 15.2. The Hall–Kier alpha value is -1.09. The number of nitrogens with one attached hydrogen (secondary N) is 1. The third kappa shape index (κ3) is 4.44. The number of carbonyl (C=O) groups is 1. The first-order valence-corrected chi connectivity index (χ1v) is 7.75. The van der Waals surface area contributed by atoms with E-state index < -0.39 is 0 Å². The molecule has 0 aliphatic carbocycles. The van der Waals surface area contributed by atoms with Gasteiger partial charge in [0.05, 0.1) is 6.54 Å². The summed E-state index contributed by atoms with van der Waals surface area (Å²) in [5, 5.41) is 2.97. The molecule has 0 radical (unpaired) electrons. The third-order valence-electron chi connectivity index (χ3n) is 4.73. The van der Waals surface area contributed by atoms with Crippen molar-refractivity contribution >= 4 is 5.91 Å². The molecule has 0 spiro atoms. The fourth-order valence-electron chi connectivity index (χ4n) is 3.70. The van der Waals surface area contributed by atoms with Crippen LogP contribution in [0, 0.1) is 24.2 Å². The molecule has 1 unspecified atom stereocenters. The van der Waals surface area contributed by atoms with Gasteiger partial charge in [-0.1, -0.05) is 5.92 Å². The first-order valence-electron chi connectivity index (χ1n) is 7.75. The Bertz CT molecular complexity index is 393. The van der Waals surface area contributed by atoms with Crippen molar-refractivity contribution < 1.29 is 9.53 Å². The van der Waals surface area contributed by atoms with Gasteiger partial charge in [0, 0.05) is 32.8 Å². The summed E-state index contributed by atoms with van der Waals surface area (Å²) in [4.78, 5) is 16.3. The van der Waals surface area contributed by atoms with E-state index in [1.165, 1.54) is 12.8 Å². The molecule has 1 N–H and O–H groups in total. The zero-order valence-electron chi connectivity index (χ0n) is 13.2. The molecule has 5 heteroatoms. The van der Waals surface area contributed by atoms with Crippen LogP contribution in [0.4, 0.5) is 0 Å². The number of nitrogens with zero attached hydrogens (tertiary/aromatic N) is 2. The Kier molecular flexibility index (Phi) is 6.04. The van der Waals surface area contributed by atoms with Gasteiger partial charge in [0.15, 0.2) is 0 Å². The molecule has 3 fully saturated rings. The van der Waals surface area contributed by atoms with E-state index >= 15 is 0 Å². The van der Waals surface area contributed by atoms with Gasteiger partial charge in [-0.25, -0.2) is 0 Å². The molecule has 0 aromatic rings. The molecule has 5 nitrogen and oxygen atoms in total. The zero-order valence-corrected chi connectivity index (χ0v) is 13.2. The van der Waals surface area contributed by atoms with Crippen molar-refractivity contribution in [2.45, 2.75) is 18.9 Å². The first kappa shape index (κ1) is 16.3. The number of terminal acetylenes is 1. The van der Waals surface area contributed by atoms with Crippen LogP contribution in [0.2, 0.25) is 0 Å². The van der Waals surface area contributed by atoms with Crippen LogP contribution in [-0.2, 0) is 9.53 Å². The molecule has 0 aromatic carbocycles. The predicted octanol–water partition coefficient (Wildman–Crippen LogP) is 0.0244. The number of rotatable bonds is 7. The number of fused-ring (bicyclic) bond motifs is 3. The van der Waals surface area contributed by atoms with Crippen LogP contribution >= 0.6 is 0 Å². The molecule has 1 amide bonds. The van der Waals surface area contributed by atoms with Crippen molar-refractivity contribution in [3.8, 4) is 12.3 Å². The van der Waals surface area contributed by atoms with Crippen molar-refractivity contribution in [2.75, 3.05) is 53.5 Å². The van der Waals surface area contributed by atoms with Gasteiger partial charge in [-0.05, 0) is 38.3 Å². The summed E-state index contributed by atoms with van der Waals surface area (Å²) in [7, 11) is 3.64. The van der Waals surface area contributed by atoms with Gasteiger partial charge in [-0.2, -0.15) is 0 Å². The highest BCUT2D eigenvalue weighted by Crippen LogP contribution is 2.36. The Morgan fingerprint density at radius 2 is 2.38 bits per heavy atom. The molecule has 3 aliphatic rings. The van der Waals surface area contributed by atoms with Crippen LogP contribution in [-0.4, -0.2) is 75.2 Å². The molecule has 118 valence electrons. The van der Waals surface area contributed by atoms with E-state index in [2.05, 4.69) is 28.1 Å². The standard InChI is InChI=1S/C16H27N3O2/c1-4-6-18(2)10-14-11-19-7-5-13(14)8-15(19)9-17-16(20)12-21-3/h1,13-15H,5-12H2,2-3H3,(H,17,20)/t13-,14-,15+/m0/s1. The van der Waals surface area contributed by atoms with E-state index in [0.717, 1.165) is 38.6 Å². The molecule has 3 heterocycles. The van der Waals surface area contributed by atoms with Crippen molar-refractivity contribution in [3.63, 3.8) is 0 Å². The highest BCUT2D eigenvalue weighted by molar-refractivity contribution is 5.77. The smallest absolute Gasteiger partial charge is 0.246 e. The SMILES string of the molecule is C#CCN(C)C[C@H]1CN2CC[C@H]1C[C@@H]2CNC(=O)COC. The monoisotopic (exact) mass is 293 g/mol. The summed E-state index contributed by atoms with van der Waals surface area (Å²) in [6.45, 7) is 4.98. The number of hydrogen-bond acceptors (Lipinski definition) is 4. The van der Waals surface area contributed by atoms with Crippen LogP contribution < -0.4 is 5.32 Å². The lowest BCUT2D eigenvalue weighted by Gasteiger charge is -2.50. The van der Waals surface area contributed by atoms with Crippen LogP contribution in [0.3, 0.4) is 0 Å². The normalized spacial score (nSPS) is 31.1. The van der Waals surface area contributed by atoms with Gasteiger partial charge in [-0.3, -0.25) is 14.6 Å². The van der Waals surface area contributed by atoms with Gasteiger partial charge < -0.3 is 10.1 Å². The largest absolute Gasteiger partial charge is 0.375 e. The average Bonchev–Trinajstić information content (AvgIpc) is 2.46. The van der Waals surface area contributed by atoms with Gasteiger partial charge in [0.2, 0.25) is 5.91 Å². The number of amides is 1. The highest BCUT2D eigenvalue weighted by atomic mass is 16.5. The van der Waals surface area contributed by atoms with Crippen molar-refractivity contribution in [2.24, 2.45) is 11.8 Å². The Morgan fingerprint density at radius 3 is 3.00 bits per heavy atom. The minimum absolute atomic E-state index is 0.0227. The molecule has 0 saturated carbocycles. The van der Waals surface area contributed by atoms with Crippen molar-refractivity contribution in [1.82, 2.24) is 15.1 Å². The number of carbonyl (C=O) groups excluding carboxylic acids is 1. The maximum Gasteiger partial charge on any atom is 0.246 e. The molecule has 0 aromatic heterocycles. The lowest BCUT2D eigenvalue weighted by Crippen LogP contribution is -2.58. The molecule has 3 saturated heterocycles. The van der Waals surface area contributed by atoms with Crippen LogP contribution in [0.25, 0.3) is 0 Å². The van der Waals surface area contributed by atoms with Gasteiger partial charge in [0.1, 0.15) is 6.61 Å². The van der Waals surface area contributed by atoms with E-state index in [9.17, 15) is 4.79 Å². The molecule has 4 atom stereocenters. The van der Waals surface area contributed by atoms with E-state index in [4.69, 9.17) is 11.2 Å². The maximum absolute atomic E-state index is 11.5. The molecule has 3 aliphatic heterocycles. The Labute approximate surface area is 128 Å². The van der Waals surface area contributed by atoms with E-state index in [1.54, 1.807) is 7.11 Å². The van der Waals surface area contributed by atoms with Gasteiger partial charge >= 0.3 is 0 Å². The third-order valence-corrected chi connectivity index (χ3v) is 4.73. The van der Waals surface area contributed by atoms with Gasteiger partial charge in [-0.15, -0.1) is 6.42 Å². The van der Waals surface area contributed by atoms with E-state index in [1.807, 2.05) is 0 Å². The fraction of sp³-hybridized carbons (Fsp3) is 0.812. The summed E-state index contributed by atoms with van der Waals surface area (Å²) in [6.07, 6.45) is 7.83. The second-order valence-corrected chi connectivity index (χ2v) is 6.33. The summed E-state index contributed by atoms with van der Waals surface area (Å²) in [5.41, 5.74) is 0. The molecular weight excluding hydrogens is 266 g/mol. The van der Waals surface area contributed by atoms with Crippen LogP contribution in [0.1, 0.15) is 12.8 Å². The second kappa shape index (κ2) is 7.79. The lowest BCUT2D eigenvalue weighted by atomic mass is 9.75. The number of hydrogen-bond donors (Lipinski definition) is 1. The van der Waals surface area contributed by atoms with Crippen LogP contribution in [0.5, 0.6) is 0 Å². The maximum atomic E-state index is 11.5. The predicted molar refractivity (Wildman–Crippen MR) is 82.8 cm³/mol. The van der Waals surface area contributed by atoms with E-state index in [0.29, 0.717) is 12.0 Å². The number of ether oxygens (including phenoxy) is 1. The highest BCUT2D eigenvalue weighted by Gasteiger charge is 2.40. The van der Waals surface area contributed by atoms with E-state index in [-0.39, 0.29) is 12.5 Å². The Balaban J connectivity index is 1.79. The first-order chi connectivity index (χ1) is 10.1. The number of piperidine rings is 3. The number of methoxy groups -OCH3 is 1. The summed E-state index contributed by atoms with van der Waals surface area (Å²) < 4.78 is 4.84. The average molecular weight is 293 g/mol.